The fourth-order valence-corrected chi connectivity index (χ4v) is 3.75. The number of fused-ring (bicyclic) bond motifs is 2. The Labute approximate surface area is 153 Å². The van der Waals surface area contributed by atoms with Crippen molar-refractivity contribution in [2.24, 2.45) is 0 Å². The third kappa shape index (κ3) is 3.87. The molecule has 0 spiro atoms. The van der Waals surface area contributed by atoms with Crippen LogP contribution in [0.15, 0.2) is 0 Å². The number of urea groups is 1. The van der Waals surface area contributed by atoms with Crippen LogP contribution in [0.2, 0.25) is 0 Å². The minimum absolute atomic E-state index is 0.0261. The van der Waals surface area contributed by atoms with Gasteiger partial charge in [-0.1, -0.05) is 0 Å². The Morgan fingerprint density at radius 1 is 1.15 bits per heavy atom. The third-order valence-electron chi connectivity index (χ3n) is 5.14. The van der Waals surface area contributed by atoms with Gasteiger partial charge < -0.3 is 19.9 Å². The summed E-state index contributed by atoms with van der Waals surface area (Å²) in [6, 6.07) is -1.25. The standard InChI is InChI=1S/C17H28N4O5/c1-17(2,3)26-16(24)19-8-6-11(7-9-19)18-14(22)13-5-4-12-10-20(13)15(23)21(12)25/h11-13,25H,4-10H2,1-3H3,(H,18,22)/t12-,13+/m0/s1. The van der Waals surface area contributed by atoms with E-state index >= 15 is 0 Å². The van der Waals surface area contributed by atoms with Gasteiger partial charge in [0.25, 0.3) is 0 Å². The molecule has 0 aromatic heterocycles. The molecule has 0 radical (unpaired) electrons. The Morgan fingerprint density at radius 3 is 2.42 bits per heavy atom. The van der Waals surface area contributed by atoms with Crippen LogP contribution in [0.3, 0.4) is 0 Å². The van der Waals surface area contributed by atoms with Crippen LogP contribution in [-0.2, 0) is 9.53 Å². The van der Waals surface area contributed by atoms with Crippen molar-refractivity contribution in [1.29, 1.82) is 0 Å². The zero-order valence-corrected chi connectivity index (χ0v) is 15.6. The van der Waals surface area contributed by atoms with Crippen LogP contribution in [-0.4, -0.2) is 81.5 Å². The first-order valence-electron chi connectivity index (χ1n) is 9.23. The average Bonchev–Trinajstić information content (AvgIpc) is 2.78. The summed E-state index contributed by atoms with van der Waals surface area (Å²) in [7, 11) is 0. The van der Waals surface area contributed by atoms with E-state index in [1.165, 1.54) is 4.90 Å². The topological polar surface area (TPSA) is 102 Å². The normalized spacial score (nSPS) is 26.9. The van der Waals surface area contributed by atoms with Gasteiger partial charge in [0.2, 0.25) is 5.91 Å². The first-order chi connectivity index (χ1) is 12.2. The highest BCUT2D eigenvalue weighted by molar-refractivity contribution is 5.88. The van der Waals surface area contributed by atoms with Crippen LogP contribution in [0.25, 0.3) is 0 Å². The summed E-state index contributed by atoms with van der Waals surface area (Å²) in [6.07, 6.45) is 2.15. The number of hydrogen-bond donors (Lipinski definition) is 2. The fraction of sp³-hybridized carbons (Fsp3) is 0.824. The molecule has 9 nitrogen and oxygen atoms in total. The summed E-state index contributed by atoms with van der Waals surface area (Å²) in [5.74, 6) is -0.178. The summed E-state index contributed by atoms with van der Waals surface area (Å²) in [4.78, 5) is 39.8. The molecule has 3 saturated heterocycles. The first-order valence-corrected chi connectivity index (χ1v) is 9.23. The molecule has 3 aliphatic rings. The highest BCUT2D eigenvalue weighted by atomic mass is 16.6. The van der Waals surface area contributed by atoms with Crippen molar-refractivity contribution in [1.82, 2.24) is 20.2 Å². The quantitative estimate of drug-likeness (QED) is 0.712. The smallest absolute Gasteiger partial charge is 0.410 e. The van der Waals surface area contributed by atoms with E-state index in [1.807, 2.05) is 20.8 Å². The Morgan fingerprint density at radius 2 is 1.81 bits per heavy atom. The highest BCUT2D eigenvalue weighted by Crippen LogP contribution is 2.28. The number of rotatable bonds is 2. The van der Waals surface area contributed by atoms with E-state index in [9.17, 15) is 19.6 Å². The summed E-state index contributed by atoms with van der Waals surface area (Å²) in [6.45, 7) is 6.95. The van der Waals surface area contributed by atoms with Gasteiger partial charge in [-0.3, -0.25) is 10.0 Å². The van der Waals surface area contributed by atoms with Crippen molar-refractivity contribution in [3.8, 4) is 0 Å². The van der Waals surface area contributed by atoms with Gasteiger partial charge in [0.15, 0.2) is 0 Å². The van der Waals surface area contributed by atoms with E-state index in [-0.39, 0.29) is 24.1 Å². The number of amides is 4. The first kappa shape index (κ1) is 18.8. The molecule has 9 heteroatoms. The predicted molar refractivity (Wildman–Crippen MR) is 91.5 cm³/mol. The van der Waals surface area contributed by atoms with E-state index in [0.717, 1.165) is 5.06 Å². The van der Waals surface area contributed by atoms with Gasteiger partial charge in [0.1, 0.15) is 11.6 Å². The van der Waals surface area contributed by atoms with E-state index in [2.05, 4.69) is 5.32 Å². The molecule has 0 aromatic rings. The number of carbonyl (C=O) groups excluding carboxylic acids is 3. The van der Waals surface area contributed by atoms with Crippen molar-refractivity contribution in [3.63, 3.8) is 0 Å². The summed E-state index contributed by atoms with van der Waals surface area (Å²) in [5, 5.41) is 13.5. The van der Waals surface area contributed by atoms with Crippen LogP contribution in [0.4, 0.5) is 9.59 Å². The van der Waals surface area contributed by atoms with Crippen LogP contribution >= 0.6 is 0 Å². The average molecular weight is 368 g/mol. The number of carbonyl (C=O) groups is 3. The number of piperidine rings is 2. The maximum atomic E-state index is 12.6. The lowest BCUT2D eigenvalue weighted by Crippen LogP contribution is -2.54. The Hall–Kier alpha value is -2.03. The molecule has 0 saturated carbocycles. The molecule has 0 aromatic carbocycles. The molecule has 2 bridgehead atoms. The Kier molecular flexibility index (Phi) is 5.01. The molecule has 2 N–H and O–H groups in total. The van der Waals surface area contributed by atoms with Crippen LogP contribution in [0.5, 0.6) is 0 Å². The van der Waals surface area contributed by atoms with E-state index in [0.29, 0.717) is 45.3 Å². The minimum atomic E-state index is -0.528. The van der Waals surface area contributed by atoms with Gasteiger partial charge in [-0.2, -0.15) is 0 Å². The van der Waals surface area contributed by atoms with E-state index in [4.69, 9.17) is 4.74 Å². The van der Waals surface area contributed by atoms with Gasteiger partial charge in [-0.25, -0.2) is 14.7 Å². The lowest BCUT2D eigenvalue weighted by molar-refractivity contribution is -0.127. The van der Waals surface area contributed by atoms with Gasteiger partial charge in [-0.05, 0) is 46.5 Å². The number of ether oxygens (including phenoxy) is 1. The second-order valence-corrected chi connectivity index (χ2v) is 8.28. The van der Waals surface area contributed by atoms with Gasteiger partial charge in [0, 0.05) is 25.7 Å². The lowest BCUT2D eigenvalue weighted by Gasteiger charge is -2.35. The summed E-state index contributed by atoms with van der Waals surface area (Å²) in [5.41, 5.74) is -0.524. The molecule has 0 unspecified atom stereocenters. The molecule has 4 amide bonds. The number of nitrogens with one attached hydrogen (secondary N) is 1. The number of hydrogen-bond acceptors (Lipinski definition) is 5. The second-order valence-electron chi connectivity index (χ2n) is 8.28. The van der Waals surface area contributed by atoms with Gasteiger partial charge in [0.05, 0.1) is 6.04 Å². The zero-order valence-electron chi connectivity index (χ0n) is 15.6. The largest absolute Gasteiger partial charge is 0.444 e. The number of likely N-dealkylation sites (tertiary alicyclic amines) is 1. The molecule has 3 aliphatic heterocycles. The maximum Gasteiger partial charge on any atom is 0.410 e. The molecule has 2 atom stereocenters. The van der Waals surface area contributed by atoms with Crippen molar-refractivity contribution < 1.29 is 24.3 Å². The van der Waals surface area contributed by atoms with Gasteiger partial charge in [-0.15, -0.1) is 0 Å². The highest BCUT2D eigenvalue weighted by Gasteiger charge is 2.47. The van der Waals surface area contributed by atoms with Crippen molar-refractivity contribution in [2.45, 2.75) is 70.2 Å². The second kappa shape index (κ2) is 6.94. The summed E-state index contributed by atoms with van der Waals surface area (Å²) >= 11 is 0. The van der Waals surface area contributed by atoms with E-state index in [1.54, 1.807) is 4.90 Å². The maximum absolute atomic E-state index is 12.6. The van der Waals surface area contributed by atoms with Crippen LogP contribution < -0.4 is 5.32 Å². The Bertz CT molecular complexity index is 582. The van der Waals surface area contributed by atoms with Crippen LogP contribution in [0.1, 0.15) is 46.5 Å². The minimum Gasteiger partial charge on any atom is -0.444 e. The van der Waals surface area contributed by atoms with Crippen molar-refractivity contribution in [3.05, 3.63) is 0 Å². The molecule has 26 heavy (non-hydrogen) atoms. The molecule has 3 fully saturated rings. The van der Waals surface area contributed by atoms with Crippen molar-refractivity contribution in [2.75, 3.05) is 19.6 Å². The summed E-state index contributed by atoms with van der Waals surface area (Å²) < 4.78 is 5.37. The monoisotopic (exact) mass is 368 g/mol. The third-order valence-corrected chi connectivity index (χ3v) is 5.14. The van der Waals surface area contributed by atoms with Crippen LogP contribution in [0, 0.1) is 0 Å². The molecule has 146 valence electrons. The van der Waals surface area contributed by atoms with Crippen molar-refractivity contribution >= 4 is 18.0 Å². The fourth-order valence-electron chi connectivity index (χ4n) is 3.75. The number of hydroxylamine groups is 2. The van der Waals surface area contributed by atoms with Gasteiger partial charge >= 0.3 is 12.1 Å². The molecule has 0 aliphatic carbocycles. The molecule has 3 heterocycles. The Balaban J connectivity index is 1.48. The predicted octanol–water partition coefficient (Wildman–Crippen LogP) is 1.16. The number of nitrogens with zero attached hydrogens (tertiary/aromatic N) is 3. The molecular weight excluding hydrogens is 340 g/mol. The zero-order chi connectivity index (χ0) is 19.1. The van der Waals surface area contributed by atoms with E-state index < -0.39 is 17.7 Å². The SMILES string of the molecule is CC(C)(C)OC(=O)N1CCC(NC(=O)[C@H]2CC[C@H]3CN2C(=O)N3O)CC1. The molecule has 3 rings (SSSR count). The lowest BCUT2D eigenvalue weighted by atomic mass is 9.99. The molecular formula is C17H28N4O5.